The number of nitrogens with one attached hydrogen (secondary N) is 1. The van der Waals surface area contributed by atoms with Crippen molar-refractivity contribution in [3.8, 4) is 0 Å². The second-order valence-electron chi connectivity index (χ2n) is 21.3. The van der Waals surface area contributed by atoms with Gasteiger partial charge in [0.05, 0.1) is 36.8 Å². The second kappa shape index (κ2) is 45.7. The number of ether oxygens (including phenoxy) is 6. The highest BCUT2D eigenvalue weighted by molar-refractivity contribution is 5.98. The number of methoxy groups -OCH3 is 5. The zero-order chi connectivity index (χ0) is 66.4. The van der Waals surface area contributed by atoms with Crippen LogP contribution < -0.4 is 17.2 Å². The predicted octanol–water partition coefficient (Wildman–Crippen LogP) is 9.35. The number of alkyl halides is 3. The summed E-state index contributed by atoms with van der Waals surface area (Å²) in [4.78, 5) is 75.9. The molecule has 7 atom stereocenters. The number of Topliss-reactive ketones (excluding diaryl/α,β-unsaturated/α-hetero) is 1. The number of nitrogens with two attached hydrogens (primary N) is 1. The highest BCUT2D eigenvalue weighted by atomic mass is 19.4. The van der Waals surface area contributed by atoms with Crippen molar-refractivity contribution in [2.24, 2.45) is 29.4 Å². The van der Waals surface area contributed by atoms with Crippen molar-refractivity contribution in [1.29, 1.82) is 0 Å². The van der Waals surface area contributed by atoms with E-state index in [1.807, 2.05) is 79.7 Å². The summed E-state index contributed by atoms with van der Waals surface area (Å²) in [5.74, 6) is -1.82. The third-order valence-corrected chi connectivity index (χ3v) is 14.3. The molecule has 3 heterocycles. The maximum absolute atomic E-state index is 13.1. The topological polar surface area (TPSA) is 324 Å². The molecule has 1 aromatic heterocycles. The van der Waals surface area contributed by atoms with E-state index in [-0.39, 0.29) is 73.8 Å². The fourth-order valence-electron chi connectivity index (χ4n) is 8.69. The molecule has 2 fully saturated rings. The first kappa shape index (κ1) is 82.5. The van der Waals surface area contributed by atoms with Gasteiger partial charge in [-0.15, -0.1) is 0 Å². The van der Waals surface area contributed by atoms with Crippen molar-refractivity contribution in [3.63, 3.8) is 0 Å². The molecular formula is C64H97F3N6O16. The monoisotopic (exact) mass is 1260 g/mol. The summed E-state index contributed by atoms with van der Waals surface area (Å²) in [7, 11) is 7.96. The molecule has 4 aromatic rings. The number of nitrogens with zero attached hydrogens (tertiary/aromatic N) is 3. The molecule has 0 saturated carbocycles. The molecule has 500 valence electrons. The van der Waals surface area contributed by atoms with Crippen molar-refractivity contribution in [2.75, 3.05) is 67.3 Å². The van der Waals surface area contributed by atoms with Gasteiger partial charge < -0.3 is 75.7 Å². The molecule has 10 N–H and O–H groups in total. The van der Waals surface area contributed by atoms with Gasteiger partial charge in [0.1, 0.15) is 30.9 Å². The van der Waals surface area contributed by atoms with Crippen molar-refractivity contribution >= 4 is 58.0 Å². The SMILES string of the molecule is CC(C)CCC=O.COC(C)CCC(CC(=O)[C@@H](C)CCO)C(=O)Nc1ccccc1CC(OC)OC.C[C@@H](CCO)C(=O)O.N.N[C@H]1CCO[C@H]2CCC(C(=O)n3ccc4ccccc43)N2C1=O.OCC(F)(F)F.[C-]#[N+]c1ccccc1CC(OC)OC. The Morgan fingerprint density at radius 1 is 0.764 bits per heavy atom. The number of ketones is 1. The van der Waals surface area contributed by atoms with E-state index in [2.05, 4.69) is 24.0 Å². The van der Waals surface area contributed by atoms with E-state index in [1.54, 1.807) is 71.1 Å². The van der Waals surface area contributed by atoms with Crippen LogP contribution in [0.4, 0.5) is 24.5 Å². The molecule has 2 aliphatic rings. The number of carbonyl (C=O) groups excluding carboxylic acids is 5. The molecule has 0 spiro atoms. The lowest BCUT2D eigenvalue weighted by Crippen LogP contribution is -2.51. The first-order valence-electron chi connectivity index (χ1n) is 29.2. The van der Waals surface area contributed by atoms with E-state index >= 15 is 0 Å². The van der Waals surface area contributed by atoms with E-state index in [4.69, 9.17) is 61.2 Å². The second-order valence-corrected chi connectivity index (χ2v) is 21.3. The van der Waals surface area contributed by atoms with Crippen molar-refractivity contribution in [1.82, 2.24) is 15.6 Å². The lowest BCUT2D eigenvalue weighted by Gasteiger charge is -2.28. The smallest absolute Gasteiger partial charge is 0.411 e. The Morgan fingerprint density at radius 2 is 1.31 bits per heavy atom. The number of anilines is 1. The number of carboxylic acid groups (broad SMARTS) is 1. The van der Waals surface area contributed by atoms with Gasteiger partial charge in [-0.05, 0) is 93.5 Å². The van der Waals surface area contributed by atoms with Crippen LogP contribution in [0.1, 0.15) is 115 Å². The fourth-order valence-corrected chi connectivity index (χ4v) is 8.69. The van der Waals surface area contributed by atoms with Crippen LogP contribution in [0.25, 0.3) is 15.7 Å². The van der Waals surface area contributed by atoms with E-state index in [9.17, 15) is 41.9 Å². The molecule has 3 unspecified atom stereocenters. The van der Waals surface area contributed by atoms with Crippen LogP contribution in [-0.4, -0.2) is 171 Å². The number of aliphatic hydroxyl groups is 3. The molecule has 22 nitrogen and oxygen atoms in total. The Bertz CT molecular complexity index is 2700. The van der Waals surface area contributed by atoms with Gasteiger partial charge in [0.25, 0.3) is 5.91 Å². The van der Waals surface area contributed by atoms with Gasteiger partial charge in [0, 0.05) is 104 Å². The largest absolute Gasteiger partial charge is 0.481 e. The summed E-state index contributed by atoms with van der Waals surface area (Å²) >= 11 is 0. The zero-order valence-corrected chi connectivity index (χ0v) is 53.2. The minimum atomic E-state index is -4.40. The average Bonchev–Trinajstić information content (AvgIpc) is 4.09. The quantitative estimate of drug-likeness (QED) is 0.0175. The van der Waals surface area contributed by atoms with Gasteiger partial charge in [-0.2, -0.15) is 13.2 Å². The maximum Gasteiger partial charge on any atom is 0.411 e. The molecule has 2 amide bonds. The number of carboxylic acids is 1. The summed E-state index contributed by atoms with van der Waals surface area (Å²) < 4.78 is 65.0. The summed E-state index contributed by atoms with van der Waals surface area (Å²) in [6.07, 6.45) is 4.04. The number of aliphatic hydroxyl groups excluding tert-OH is 3. The van der Waals surface area contributed by atoms with Crippen LogP contribution in [0.15, 0.2) is 85.1 Å². The first-order chi connectivity index (χ1) is 41.8. The molecule has 0 bridgehead atoms. The number of amides is 2. The van der Waals surface area contributed by atoms with Crippen molar-refractivity contribution < 1.29 is 90.8 Å². The highest BCUT2D eigenvalue weighted by Crippen LogP contribution is 2.31. The lowest BCUT2D eigenvalue weighted by molar-refractivity contribution is -0.159. The molecule has 6 rings (SSSR count). The number of para-hydroxylation sites is 3. The third kappa shape index (κ3) is 31.2. The molecule has 89 heavy (non-hydrogen) atoms. The van der Waals surface area contributed by atoms with Crippen LogP contribution in [0.5, 0.6) is 0 Å². The Morgan fingerprint density at radius 3 is 1.83 bits per heavy atom. The first-order valence-corrected chi connectivity index (χ1v) is 29.2. The number of aromatic nitrogens is 1. The highest BCUT2D eigenvalue weighted by Gasteiger charge is 2.45. The number of rotatable bonds is 26. The Hall–Kier alpha value is -6.54. The zero-order valence-electron chi connectivity index (χ0n) is 53.2. The van der Waals surface area contributed by atoms with E-state index < -0.39 is 49.0 Å². The minimum absolute atomic E-state index is 0. The summed E-state index contributed by atoms with van der Waals surface area (Å²) in [5.41, 5.74) is 9.96. The molecule has 0 aliphatic carbocycles. The number of aliphatic carboxylic acids is 1. The molecule has 2 saturated heterocycles. The number of benzene rings is 3. The Balaban J connectivity index is 0.00000115. The van der Waals surface area contributed by atoms with Gasteiger partial charge in [-0.25, -0.2) is 4.85 Å². The van der Waals surface area contributed by atoms with Crippen LogP contribution in [0.2, 0.25) is 0 Å². The third-order valence-electron chi connectivity index (χ3n) is 14.3. The van der Waals surface area contributed by atoms with Gasteiger partial charge in [-0.3, -0.25) is 28.5 Å². The lowest BCUT2D eigenvalue weighted by atomic mass is 9.89. The van der Waals surface area contributed by atoms with Gasteiger partial charge >= 0.3 is 12.1 Å². The van der Waals surface area contributed by atoms with Crippen LogP contribution in [0, 0.1) is 30.2 Å². The average molecular weight is 1260 g/mol. The number of hydrogen-bond donors (Lipinski definition) is 7. The van der Waals surface area contributed by atoms with Crippen LogP contribution >= 0.6 is 0 Å². The summed E-state index contributed by atoms with van der Waals surface area (Å²) in [6.45, 7) is 15.2. The van der Waals surface area contributed by atoms with E-state index in [1.165, 1.54) is 0 Å². The van der Waals surface area contributed by atoms with Crippen LogP contribution in [-0.2, 0) is 65.2 Å². The van der Waals surface area contributed by atoms with Crippen molar-refractivity contribution in [3.05, 3.63) is 108 Å². The summed E-state index contributed by atoms with van der Waals surface area (Å²) in [6, 6.07) is 23.5. The van der Waals surface area contributed by atoms with Gasteiger partial charge in [0.15, 0.2) is 18.3 Å². The number of fused-ring (bicyclic) bond motifs is 2. The number of aldehydes is 1. The van der Waals surface area contributed by atoms with E-state index in [0.29, 0.717) is 81.7 Å². The number of carbonyl (C=O) groups is 6. The molecule has 3 aromatic carbocycles. The van der Waals surface area contributed by atoms with Gasteiger partial charge in [-0.1, -0.05) is 88.4 Å². The molecule has 2 aliphatic heterocycles. The number of halogens is 3. The van der Waals surface area contributed by atoms with Gasteiger partial charge in [0.2, 0.25) is 11.8 Å². The minimum Gasteiger partial charge on any atom is -0.481 e. The van der Waals surface area contributed by atoms with Crippen molar-refractivity contribution in [2.45, 2.75) is 155 Å². The van der Waals surface area contributed by atoms with Crippen LogP contribution in [0.3, 0.4) is 0 Å². The number of hydrogen-bond acceptors (Lipinski definition) is 17. The fraction of sp³-hybridized carbons (Fsp3) is 0.578. The summed E-state index contributed by atoms with van der Waals surface area (Å²) in [5, 5.41) is 36.8. The predicted molar refractivity (Wildman–Crippen MR) is 332 cm³/mol. The van der Waals surface area contributed by atoms with E-state index in [0.717, 1.165) is 41.2 Å². The standard InChI is InChI=1S/C23H37NO6.C17H19N3O3.C11H13NO2.C6H12O.C5H10O3.C2H3F3O.H3N/c1-16(12-13-25)21(26)14-19(11-10-17(2)28-3)23(27)24-20-9-7-6-8-18(20)15-22(29-4)30-5;18-12-8-10-23-15-6-5-14(20(15)16(12)21)17(22)19-9-7-11-3-1-2-4-13(11)19;1-12-10-7-5-4-6-9(10)8-11(13-2)14-3;1-6(2)4-3-5-7;1-4(2-3-6)5(7)8;3-2(4,5)1-6;/h6-9,16-17,19,22,25H,10-15H2,1-5H3,(H,24,27);1-4,7,9,12,14-15H,5-6,8,10,18H2;4-7,11H,8H2,2-3H3;5-6H,3-4H2,1-2H3;4,6H,2-3H2,1H3,(H,7,8);6H,1H2;1H3/t16-,17?,19?;12-,14?,15-;;;4-;;/m00..0../s1. The normalized spacial score (nSPS) is 16.4. The maximum atomic E-state index is 13.1. The molecular weight excluding hydrogens is 1170 g/mol. The Kier molecular flexibility index (Phi) is 42.3. The Labute approximate surface area is 521 Å². The molecule has 25 heteroatoms. The molecule has 0 radical (unpaired) electrons.